The van der Waals surface area contributed by atoms with Crippen molar-refractivity contribution in [3.8, 4) is 5.75 Å². The van der Waals surface area contributed by atoms with E-state index in [4.69, 9.17) is 4.74 Å². The Morgan fingerprint density at radius 2 is 1.82 bits per heavy atom. The van der Waals surface area contributed by atoms with Crippen LogP contribution in [0.2, 0.25) is 0 Å². The molecule has 2 heterocycles. The Morgan fingerprint density at radius 1 is 1.09 bits per heavy atom. The molecule has 1 aliphatic heterocycles. The van der Waals surface area contributed by atoms with Gasteiger partial charge in [0.25, 0.3) is 11.7 Å². The number of imidazole rings is 1. The summed E-state index contributed by atoms with van der Waals surface area (Å²) in [5.41, 5.74) is 0.932. The Bertz CT molecular complexity index is 1170. The maximum Gasteiger partial charge on any atom is 0.295 e. The molecule has 1 fully saturated rings. The van der Waals surface area contributed by atoms with Crippen molar-refractivity contribution in [1.29, 1.82) is 0 Å². The first kappa shape index (κ1) is 23.2. The summed E-state index contributed by atoms with van der Waals surface area (Å²) >= 11 is 0. The molecule has 1 amide bonds. The number of likely N-dealkylation sites (tertiary alicyclic amines) is 1. The van der Waals surface area contributed by atoms with Crippen LogP contribution in [0.3, 0.4) is 0 Å². The normalized spacial score (nSPS) is 17.4. The van der Waals surface area contributed by atoms with Crippen LogP contribution in [0.1, 0.15) is 36.9 Å². The number of nitrogens with zero attached hydrogens (tertiary/aromatic N) is 3. The van der Waals surface area contributed by atoms with Crippen LogP contribution in [0, 0.1) is 5.82 Å². The monoisotopic (exact) mass is 463 g/mol. The van der Waals surface area contributed by atoms with Gasteiger partial charge in [-0.25, -0.2) is 9.37 Å². The third kappa shape index (κ3) is 4.85. The van der Waals surface area contributed by atoms with Crippen molar-refractivity contribution in [2.45, 2.75) is 32.4 Å². The molecule has 0 bridgehead atoms. The second kappa shape index (κ2) is 10.3. The molecule has 4 rings (SSSR count). The number of aliphatic hydroxyl groups is 1. The summed E-state index contributed by atoms with van der Waals surface area (Å²) in [6.45, 7) is 3.52. The Hall–Kier alpha value is -3.94. The first-order valence-corrected chi connectivity index (χ1v) is 11.2. The van der Waals surface area contributed by atoms with Crippen LogP contribution >= 0.6 is 0 Å². The average molecular weight is 464 g/mol. The number of rotatable bonds is 9. The lowest BCUT2D eigenvalue weighted by atomic mass is 9.95. The molecule has 7 nitrogen and oxygen atoms in total. The smallest absolute Gasteiger partial charge is 0.295 e. The zero-order chi connectivity index (χ0) is 24.1. The van der Waals surface area contributed by atoms with Crippen LogP contribution in [0.15, 0.2) is 72.8 Å². The zero-order valence-corrected chi connectivity index (χ0v) is 18.9. The number of hydrogen-bond donors (Lipinski definition) is 1. The molecule has 1 unspecified atom stereocenters. The van der Waals surface area contributed by atoms with Crippen LogP contribution in [-0.4, -0.2) is 44.4 Å². The van der Waals surface area contributed by atoms with E-state index in [2.05, 4.69) is 4.98 Å². The van der Waals surface area contributed by atoms with Gasteiger partial charge in [-0.15, -0.1) is 0 Å². The Kier molecular flexibility index (Phi) is 7.06. The van der Waals surface area contributed by atoms with Gasteiger partial charge >= 0.3 is 0 Å². The zero-order valence-electron chi connectivity index (χ0n) is 18.9. The summed E-state index contributed by atoms with van der Waals surface area (Å²) in [5.74, 6) is -1.55. The maximum absolute atomic E-state index is 13.4. The first-order chi connectivity index (χ1) is 16.5. The summed E-state index contributed by atoms with van der Waals surface area (Å²) in [5, 5.41) is 11.0. The van der Waals surface area contributed by atoms with Crippen molar-refractivity contribution in [2.24, 2.45) is 0 Å². The third-order valence-electron chi connectivity index (χ3n) is 5.70. The SMILES string of the molecule is CCCOc1ccc(C2/C(=C(/O)c3ccc(F)cc3)C(=O)C(=O)N2CCCn2ccnc2)cc1. The predicted octanol–water partition coefficient (Wildman–Crippen LogP) is 4.32. The second-order valence-electron chi connectivity index (χ2n) is 8.07. The van der Waals surface area contributed by atoms with Crippen LogP contribution < -0.4 is 4.74 Å². The Balaban J connectivity index is 1.69. The average Bonchev–Trinajstić information content (AvgIpc) is 3.45. The summed E-state index contributed by atoms with van der Waals surface area (Å²) in [6, 6.07) is 11.6. The highest BCUT2D eigenvalue weighted by molar-refractivity contribution is 6.46. The molecular weight excluding hydrogens is 437 g/mol. The molecule has 0 spiro atoms. The van der Waals surface area contributed by atoms with Gasteiger partial charge in [0.2, 0.25) is 0 Å². The van der Waals surface area contributed by atoms with E-state index in [-0.39, 0.29) is 16.9 Å². The predicted molar refractivity (Wildman–Crippen MR) is 124 cm³/mol. The lowest BCUT2D eigenvalue weighted by Crippen LogP contribution is -2.31. The summed E-state index contributed by atoms with van der Waals surface area (Å²) < 4.78 is 20.9. The molecular formula is C26H26FN3O4. The van der Waals surface area contributed by atoms with Gasteiger partial charge in [-0.3, -0.25) is 9.59 Å². The van der Waals surface area contributed by atoms with E-state index in [9.17, 15) is 19.1 Å². The largest absolute Gasteiger partial charge is 0.507 e. The van der Waals surface area contributed by atoms with E-state index in [1.54, 1.807) is 36.8 Å². The molecule has 1 aliphatic rings. The number of benzene rings is 2. The van der Waals surface area contributed by atoms with Gasteiger partial charge in [0, 0.05) is 31.0 Å². The van der Waals surface area contributed by atoms with Gasteiger partial charge in [-0.1, -0.05) is 19.1 Å². The molecule has 1 N–H and O–H groups in total. The lowest BCUT2D eigenvalue weighted by molar-refractivity contribution is -0.139. The molecule has 2 aromatic carbocycles. The fourth-order valence-electron chi connectivity index (χ4n) is 4.03. The van der Waals surface area contributed by atoms with Gasteiger partial charge in [0.05, 0.1) is 24.5 Å². The standard InChI is InChI=1S/C26H26FN3O4/c1-2-16-34-21-10-6-18(7-11-21)23-22(24(31)19-4-8-20(27)9-5-19)25(32)26(33)30(23)14-3-13-29-15-12-28-17-29/h4-12,15,17,23,31H,2-3,13-14,16H2,1H3/b24-22-. The molecule has 3 aromatic rings. The molecule has 8 heteroatoms. The second-order valence-corrected chi connectivity index (χ2v) is 8.07. The number of halogens is 1. The highest BCUT2D eigenvalue weighted by Gasteiger charge is 2.45. The Labute approximate surface area is 197 Å². The fraction of sp³-hybridized carbons (Fsp3) is 0.269. The maximum atomic E-state index is 13.4. The van der Waals surface area contributed by atoms with Gasteiger partial charge < -0.3 is 19.3 Å². The number of amides is 1. The fourth-order valence-corrected chi connectivity index (χ4v) is 4.03. The molecule has 1 aromatic heterocycles. The summed E-state index contributed by atoms with van der Waals surface area (Å²) in [6.07, 6.45) is 6.66. The van der Waals surface area contributed by atoms with Crippen LogP contribution in [0.25, 0.3) is 5.76 Å². The van der Waals surface area contributed by atoms with Gasteiger partial charge in [0.1, 0.15) is 17.3 Å². The number of carbonyl (C=O) groups is 2. The molecule has 0 aliphatic carbocycles. The number of aromatic nitrogens is 2. The molecule has 1 atom stereocenters. The molecule has 34 heavy (non-hydrogen) atoms. The van der Waals surface area contributed by atoms with Crippen molar-refractivity contribution in [3.05, 3.63) is 89.8 Å². The van der Waals surface area contributed by atoms with E-state index in [1.807, 2.05) is 17.7 Å². The number of aryl methyl sites for hydroxylation is 1. The van der Waals surface area contributed by atoms with Gasteiger partial charge in [-0.2, -0.15) is 0 Å². The van der Waals surface area contributed by atoms with Gasteiger partial charge in [-0.05, 0) is 54.8 Å². The van der Waals surface area contributed by atoms with Crippen molar-refractivity contribution in [2.75, 3.05) is 13.2 Å². The number of Topliss-reactive ketones (excluding diaryl/α,β-unsaturated/α-hetero) is 1. The van der Waals surface area contributed by atoms with Crippen LogP contribution in [0.4, 0.5) is 4.39 Å². The molecule has 0 radical (unpaired) electrons. The van der Waals surface area contributed by atoms with Crippen LogP contribution in [0.5, 0.6) is 5.75 Å². The van der Waals surface area contributed by atoms with E-state index >= 15 is 0 Å². The quantitative estimate of drug-likeness (QED) is 0.290. The minimum atomic E-state index is -0.770. The highest BCUT2D eigenvalue weighted by Crippen LogP contribution is 2.40. The van der Waals surface area contributed by atoms with Crippen molar-refractivity contribution in [3.63, 3.8) is 0 Å². The summed E-state index contributed by atoms with van der Waals surface area (Å²) in [4.78, 5) is 31.6. The number of ether oxygens (including phenoxy) is 1. The van der Waals surface area contributed by atoms with E-state index in [0.29, 0.717) is 37.4 Å². The number of ketones is 1. The van der Waals surface area contributed by atoms with Crippen molar-refractivity contribution >= 4 is 17.4 Å². The molecule has 176 valence electrons. The number of carbonyl (C=O) groups excluding carboxylic acids is 2. The highest BCUT2D eigenvalue weighted by atomic mass is 19.1. The number of hydrogen-bond acceptors (Lipinski definition) is 5. The summed E-state index contributed by atoms with van der Waals surface area (Å²) in [7, 11) is 0. The minimum Gasteiger partial charge on any atom is -0.507 e. The van der Waals surface area contributed by atoms with Crippen LogP contribution in [-0.2, 0) is 16.1 Å². The van der Waals surface area contributed by atoms with E-state index in [0.717, 1.165) is 6.42 Å². The van der Waals surface area contributed by atoms with Gasteiger partial charge in [0.15, 0.2) is 0 Å². The lowest BCUT2D eigenvalue weighted by Gasteiger charge is -2.25. The third-order valence-corrected chi connectivity index (χ3v) is 5.70. The molecule has 1 saturated heterocycles. The topological polar surface area (TPSA) is 84.7 Å². The van der Waals surface area contributed by atoms with Crippen molar-refractivity contribution in [1.82, 2.24) is 14.5 Å². The Morgan fingerprint density at radius 3 is 2.47 bits per heavy atom. The number of aliphatic hydroxyl groups excluding tert-OH is 1. The van der Waals surface area contributed by atoms with E-state index in [1.165, 1.54) is 29.2 Å². The van der Waals surface area contributed by atoms with Crippen molar-refractivity contribution < 1.29 is 23.8 Å². The van der Waals surface area contributed by atoms with E-state index < -0.39 is 23.5 Å². The first-order valence-electron chi connectivity index (χ1n) is 11.2. The minimum absolute atomic E-state index is 0.0125. The molecule has 0 saturated carbocycles.